The summed E-state index contributed by atoms with van der Waals surface area (Å²) >= 11 is 0. The van der Waals surface area contributed by atoms with E-state index in [1.54, 1.807) is 6.07 Å². The van der Waals surface area contributed by atoms with Gasteiger partial charge in [0.2, 0.25) is 0 Å². The molecule has 36 heavy (non-hydrogen) atoms. The number of hydrogen-bond donors (Lipinski definition) is 8. The third kappa shape index (κ3) is 6.13. The Morgan fingerprint density at radius 1 is 0.861 bits per heavy atom. The third-order valence-electron chi connectivity index (χ3n) is 5.63. The van der Waals surface area contributed by atoms with Gasteiger partial charge in [-0.1, -0.05) is 6.07 Å². The van der Waals surface area contributed by atoms with E-state index >= 15 is 0 Å². The Kier molecular flexibility index (Phi) is 7.71. The van der Waals surface area contributed by atoms with Crippen LogP contribution in [0.4, 0.5) is 5.69 Å². The number of carbonyl (C=O) groups is 2. The zero-order chi connectivity index (χ0) is 25.5. The maximum atomic E-state index is 12.4. The van der Waals surface area contributed by atoms with Crippen LogP contribution in [0.5, 0.6) is 0 Å². The first-order valence-corrected chi connectivity index (χ1v) is 11.7. The minimum absolute atomic E-state index is 0.0446. The molecule has 2 heterocycles. The van der Waals surface area contributed by atoms with Crippen molar-refractivity contribution in [3.8, 4) is 0 Å². The molecule has 0 spiro atoms. The summed E-state index contributed by atoms with van der Waals surface area (Å²) < 4.78 is 0. The molecule has 2 aromatic heterocycles. The highest BCUT2D eigenvalue weighted by molar-refractivity contribution is 5.99. The number of fused-ring (bicyclic) bond motifs is 2. The first-order valence-electron chi connectivity index (χ1n) is 11.7. The van der Waals surface area contributed by atoms with Crippen molar-refractivity contribution < 1.29 is 9.59 Å². The highest BCUT2D eigenvalue weighted by Gasteiger charge is 2.10. The number of aliphatic imine (C=N–C) groups is 1. The van der Waals surface area contributed by atoms with Gasteiger partial charge in [0.15, 0.2) is 5.96 Å². The van der Waals surface area contributed by atoms with Crippen molar-refractivity contribution >= 4 is 45.3 Å². The van der Waals surface area contributed by atoms with Gasteiger partial charge < -0.3 is 43.1 Å². The van der Waals surface area contributed by atoms with Gasteiger partial charge in [0.05, 0.1) is 6.54 Å². The van der Waals surface area contributed by atoms with Gasteiger partial charge in [-0.25, -0.2) is 0 Å². The van der Waals surface area contributed by atoms with E-state index in [2.05, 4.69) is 30.9 Å². The van der Waals surface area contributed by atoms with Crippen LogP contribution in [0.3, 0.4) is 0 Å². The van der Waals surface area contributed by atoms with Crippen LogP contribution in [-0.2, 0) is 6.54 Å². The summed E-state index contributed by atoms with van der Waals surface area (Å²) in [6.07, 6.45) is 0.647. The van der Waals surface area contributed by atoms with E-state index in [0.29, 0.717) is 50.4 Å². The maximum Gasteiger partial charge on any atom is 0.267 e. The monoisotopic (exact) mass is 489 g/mol. The SMILES string of the molecule is NCCNC(=O)c1ccc2[nH]c(CNc3ccc4cc(C(=O)NCCCN=C(N)N)[nH]c4c3)cc2c1. The molecule has 11 nitrogen and oxygen atoms in total. The third-order valence-corrected chi connectivity index (χ3v) is 5.63. The molecule has 0 radical (unpaired) electrons. The predicted octanol–water partition coefficient (Wildman–Crippen LogP) is 1.34. The molecule has 2 amide bonds. The fourth-order valence-corrected chi connectivity index (χ4v) is 3.86. The second-order valence-corrected chi connectivity index (χ2v) is 8.40. The van der Waals surface area contributed by atoms with Crippen molar-refractivity contribution in [1.29, 1.82) is 0 Å². The average Bonchev–Trinajstić information content (AvgIpc) is 3.48. The number of H-pyrrole nitrogens is 2. The van der Waals surface area contributed by atoms with E-state index in [1.807, 2.05) is 42.5 Å². The number of rotatable bonds is 11. The van der Waals surface area contributed by atoms with Gasteiger partial charge >= 0.3 is 0 Å². The summed E-state index contributed by atoms with van der Waals surface area (Å²) in [4.78, 5) is 35.1. The summed E-state index contributed by atoms with van der Waals surface area (Å²) in [5, 5.41) is 10.9. The van der Waals surface area contributed by atoms with Gasteiger partial charge in [-0.3, -0.25) is 14.6 Å². The molecule has 4 aromatic rings. The van der Waals surface area contributed by atoms with Crippen molar-refractivity contribution in [2.75, 3.05) is 31.5 Å². The standard InChI is InChI=1S/C25H31N9O2/c26-6-9-30-23(35)16-3-5-20-17(10-16)11-19(33-20)14-32-18-4-2-15-12-22(34-21(15)13-18)24(36)29-7-1-8-31-25(27)28/h2-5,10-13,32-34H,1,6-9,14,26H2,(H,29,36)(H,30,35)(H4,27,28,31). The molecule has 0 fully saturated rings. The molecule has 0 unspecified atom stereocenters. The molecule has 2 aromatic carbocycles. The van der Waals surface area contributed by atoms with Crippen molar-refractivity contribution in [3.05, 3.63) is 65.5 Å². The first kappa shape index (κ1) is 24.6. The predicted molar refractivity (Wildman–Crippen MR) is 143 cm³/mol. The van der Waals surface area contributed by atoms with Crippen LogP contribution >= 0.6 is 0 Å². The lowest BCUT2D eigenvalue weighted by Crippen LogP contribution is -2.28. The highest BCUT2D eigenvalue weighted by Crippen LogP contribution is 2.22. The van der Waals surface area contributed by atoms with Gasteiger partial charge in [0.25, 0.3) is 11.8 Å². The van der Waals surface area contributed by atoms with Crippen LogP contribution < -0.4 is 33.2 Å². The Labute approximate surface area is 207 Å². The van der Waals surface area contributed by atoms with Crippen molar-refractivity contribution in [1.82, 2.24) is 20.6 Å². The smallest absolute Gasteiger partial charge is 0.267 e. The van der Waals surface area contributed by atoms with E-state index in [4.69, 9.17) is 17.2 Å². The second kappa shape index (κ2) is 11.3. The van der Waals surface area contributed by atoms with Crippen LogP contribution in [0.15, 0.2) is 53.5 Å². The fraction of sp³-hybridized carbons (Fsp3) is 0.240. The number of amides is 2. The number of aromatic amines is 2. The normalized spacial score (nSPS) is 10.9. The fourth-order valence-electron chi connectivity index (χ4n) is 3.86. The molecule has 0 atom stereocenters. The average molecular weight is 490 g/mol. The zero-order valence-electron chi connectivity index (χ0n) is 19.9. The Morgan fingerprint density at radius 3 is 2.50 bits per heavy atom. The molecular formula is C25H31N9O2. The van der Waals surface area contributed by atoms with Gasteiger partial charge in [-0.2, -0.15) is 0 Å². The number of nitrogens with zero attached hydrogens (tertiary/aromatic N) is 1. The number of nitrogens with one attached hydrogen (secondary N) is 5. The molecule has 0 aliphatic heterocycles. The number of hydrogen-bond acceptors (Lipinski definition) is 5. The van der Waals surface area contributed by atoms with Crippen LogP contribution in [0, 0.1) is 0 Å². The first-order chi connectivity index (χ1) is 17.4. The molecule has 188 valence electrons. The Balaban J connectivity index is 1.36. The number of carbonyl (C=O) groups excluding carboxylic acids is 2. The molecule has 11 heteroatoms. The summed E-state index contributed by atoms with van der Waals surface area (Å²) in [6, 6.07) is 15.3. The van der Waals surface area contributed by atoms with E-state index in [1.165, 1.54) is 0 Å². The quantitative estimate of drug-likeness (QED) is 0.0890. The molecule has 0 aliphatic rings. The van der Waals surface area contributed by atoms with Crippen LogP contribution in [0.1, 0.15) is 33.0 Å². The number of benzene rings is 2. The Morgan fingerprint density at radius 2 is 1.69 bits per heavy atom. The minimum Gasteiger partial charge on any atom is -0.379 e. The Bertz CT molecular complexity index is 1400. The molecular weight excluding hydrogens is 458 g/mol. The lowest BCUT2D eigenvalue weighted by atomic mass is 10.1. The number of guanidine groups is 1. The van der Waals surface area contributed by atoms with Crippen LogP contribution in [0.2, 0.25) is 0 Å². The van der Waals surface area contributed by atoms with Crippen molar-refractivity contribution in [2.24, 2.45) is 22.2 Å². The summed E-state index contributed by atoms with van der Waals surface area (Å²) in [7, 11) is 0. The van der Waals surface area contributed by atoms with Crippen LogP contribution in [0.25, 0.3) is 21.8 Å². The molecule has 0 saturated heterocycles. The largest absolute Gasteiger partial charge is 0.379 e. The molecule has 0 aliphatic carbocycles. The highest BCUT2D eigenvalue weighted by atomic mass is 16.2. The molecule has 4 rings (SSSR count). The molecule has 0 saturated carbocycles. The van der Waals surface area contributed by atoms with Gasteiger partial charge in [-0.05, 0) is 48.9 Å². The van der Waals surface area contributed by atoms with E-state index in [-0.39, 0.29) is 17.8 Å². The number of nitrogens with two attached hydrogens (primary N) is 3. The topological polar surface area (TPSA) is 192 Å². The summed E-state index contributed by atoms with van der Waals surface area (Å²) in [5.74, 6) is -0.274. The van der Waals surface area contributed by atoms with Gasteiger partial charge in [-0.15, -0.1) is 0 Å². The Hall–Kier alpha value is -4.51. The summed E-state index contributed by atoms with van der Waals surface area (Å²) in [6.45, 7) is 2.35. The van der Waals surface area contributed by atoms with Crippen molar-refractivity contribution in [3.63, 3.8) is 0 Å². The molecule has 0 bridgehead atoms. The minimum atomic E-state index is -0.181. The lowest BCUT2D eigenvalue weighted by Gasteiger charge is -2.05. The van der Waals surface area contributed by atoms with Gasteiger partial charge in [0, 0.05) is 64.9 Å². The van der Waals surface area contributed by atoms with E-state index in [9.17, 15) is 9.59 Å². The number of aromatic nitrogens is 2. The van der Waals surface area contributed by atoms with E-state index in [0.717, 1.165) is 33.2 Å². The second-order valence-electron chi connectivity index (χ2n) is 8.40. The summed E-state index contributed by atoms with van der Waals surface area (Å²) in [5.41, 5.74) is 20.8. The van der Waals surface area contributed by atoms with Crippen LogP contribution in [-0.4, -0.2) is 53.9 Å². The molecule has 11 N–H and O–H groups in total. The van der Waals surface area contributed by atoms with E-state index < -0.39 is 0 Å². The lowest BCUT2D eigenvalue weighted by molar-refractivity contribution is 0.0943. The number of anilines is 1. The van der Waals surface area contributed by atoms with Crippen molar-refractivity contribution in [2.45, 2.75) is 13.0 Å². The van der Waals surface area contributed by atoms with Gasteiger partial charge in [0.1, 0.15) is 5.69 Å². The maximum absolute atomic E-state index is 12.4. The zero-order valence-corrected chi connectivity index (χ0v) is 19.9.